The average Bonchev–Trinajstić information content (AvgIpc) is 2.53. The maximum atomic E-state index is 11.0. The minimum absolute atomic E-state index is 0.182. The van der Waals surface area contributed by atoms with E-state index in [9.17, 15) is 4.79 Å². The van der Waals surface area contributed by atoms with Crippen LogP contribution < -0.4 is 5.32 Å². The summed E-state index contributed by atoms with van der Waals surface area (Å²) < 4.78 is 5.02. The number of nitriles is 1. The smallest absolute Gasteiger partial charge is 0.397 e. The van der Waals surface area contributed by atoms with E-state index >= 15 is 0 Å². The Hall–Kier alpha value is -1.36. The molecule has 0 aromatic carbocycles. The summed E-state index contributed by atoms with van der Waals surface area (Å²) in [4.78, 5) is 16.1. The molecule has 80 valence electrons. The summed E-state index contributed by atoms with van der Waals surface area (Å²) in [5.74, 6) is 0. The molecule has 0 aliphatic carbocycles. The van der Waals surface area contributed by atoms with Gasteiger partial charge < -0.3 is 14.9 Å². The number of carbonyl (C=O) groups is 1. The molecular formula is C7H11BN4O2S. The summed E-state index contributed by atoms with van der Waals surface area (Å²) in [6, 6.07) is 0. The second kappa shape index (κ2) is 5.51. The molecule has 1 aliphatic heterocycles. The van der Waals surface area contributed by atoms with E-state index in [4.69, 9.17) is 10.00 Å². The van der Waals surface area contributed by atoms with Gasteiger partial charge in [0.25, 0.3) is 0 Å². The van der Waals surface area contributed by atoms with Crippen LogP contribution in [0.3, 0.4) is 0 Å². The van der Waals surface area contributed by atoms with Crippen LogP contribution >= 0.6 is 11.8 Å². The zero-order chi connectivity index (χ0) is 11.3. The number of cyclic esters (lactones) is 1. The van der Waals surface area contributed by atoms with Crippen LogP contribution in [-0.2, 0) is 4.74 Å². The van der Waals surface area contributed by atoms with Crippen molar-refractivity contribution in [3.8, 4) is 6.19 Å². The number of nitrogens with zero attached hydrogens (tertiary/aromatic N) is 3. The van der Waals surface area contributed by atoms with Crippen molar-refractivity contribution in [3.63, 3.8) is 0 Å². The molecule has 15 heavy (non-hydrogen) atoms. The summed E-state index contributed by atoms with van der Waals surface area (Å²) >= 11 is 1.34. The number of hydrogen-bond acceptors (Lipinski definition) is 5. The first kappa shape index (κ1) is 11.7. The molecule has 0 bridgehead atoms. The third kappa shape index (κ3) is 3.36. The number of ether oxygens (including phenoxy) is 1. The highest BCUT2D eigenvalue weighted by Crippen LogP contribution is 2.07. The summed E-state index contributed by atoms with van der Waals surface area (Å²) in [7, 11) is 1.68. The predicted octanol–water partition coefficient (Wildman–Crippen LogP) is -0.855. The van der Waals surface area contributed by atoms with E-state index in [2.05, 4.69) is 10.3 Å². The zero-order valence-electron chi connectivity index (χ0n) is 8.56. The van der Waals surface area contributed by atoms with E-state index in [1.54, 1.807) is 14.2 Å². The molecule has 6 nitrogen and oxygen atoms in total. The van der Waals surface area contributed by atoms with E-state index < -0.39 is 0 Å². The molecule has 0 radical (unpaired) electrons. The normalized spacial score (nSPS) is 21.1. The second-order valence-electron chi connectivity index (χ2n) is 2.99. The number of aliphatic imine (C=N–C) groups is 1. The minimum atomic E-state index is -0.315. The van der Waals surface area contributed by atoms with Gasteiger partial charge in [-0.1, -0.05) is 11.8 Å². The van der Waals surface area contributed by atoms with Gasteiger partial charge in [-0.3, -0.25) is 0 Å². The fraction of sp³-hybridized carbons (Fsp3) is 0.571. The fourth-order valence-corrected chi connectivity index (χ4v) is 1.52. The molecule has 1 aliphatic rings. The van der Waals surface area contributed by atoms with Gasteiger partial charge in [0.1, 0.15) is 6.10 Å². The zero-order valence-corrected chi connectivity index (χ0v) is 9.37. The van der Waals surface area contributed by atoms with Crippen LogP contribution in [-0.4, -0.2) is 49.5 Å². The van der Waals surface area contributed by atoms with E-state index in [0.717, 1.165) is 0 Å². The van der Waals surface area contributed by atoms with Crippen molar-refractivity contribution in [3.05, 3.63) is 0 Å². The van der Waals surface area contributed by atoms with Crippen LogP contribution in [0.15, 0.2) is 4.99 Å². The lowest BCUT2D eigenvalue weighted by molar-refractivity contribution is 0.138. The number of nitrogens with one attached hydrogen (secondary N) is 1. The molecule has 0 aromatic heterocycles. The average molecular weight is 226 g/mol. The van der Waals surface area contributed by atoms with Crippen LogP contribution in [0.2, 0.25) is 0 Å². The number of thioether (sulfide) groups is 1. The molecule has 0 spiro atoms. The number of rotatable bonds is 2. The van der Waals surface area contributed by atoms with Crippen molar-refractivity contribution in [2.24, 2.45) is 4.99 Å². The summed E-state index contributed by atoms with van der Waals surface area (Å²) in [5.41, 5.74) is 0. The lowest BCUT2D eigenvalue weighted by Crippen LogP contribution is -2.32. The molecule has 1 heterocycles. The SMILES string of the molecule is BN1C[C@H](CN/C(=N/C#N)SC)OC1=O. The van der Waals surface area contributed by atoms with Gasteiger partial charge in [-0.25, -0.2) is 4.79 Å². The third-order valence-electron chi connectivity index (χ3n) is 1.88. The van der Waals surface area contributed by atoms with E-state index in [1.807, 2.05) is 6.26 Å². The van der Waals surface area contributed by atoms with Gasteiger partial charge in [-0.05, 0) is 6.26 Å². The third-order valence-corrected chi connectivity index (χ3v) is 2.50. The first-order valence-corrected chi connectivity index (χ1v) is 5.56. The Morgan fingerprint density at radius 1 is 2.00 bits per heavy atom. The topological polar surface area (TPSA) is 77.7 Å². The lowest BCUT2D eigenvalue weighted by atomic mass is 10.3. The van der Waals surface area contributed by atoms with E-state index in [1.165, 1.54) is 16.6 Å². The van der Waals surface area contributed by atoms with Crippen LogP contribution in [0.1, 0.15) is 0 Å². The molecule has 8 heteroatoms. The van der Waals surface area contributed by atoms with Crippen LogP contribution in [0.25, 0.3) is 0 Å². The predicted molar refractivity (Wildman–Crippen MR) is 60.1 cm³/mol. The monoisotopic (exact) mass is 226 g/mol. The van der Waals surface area contributed by atoms with Gasteiger partial charge in [0, 0.05) is 6.54 Å². The van der Waals surface area contributed by atoms with Crippen molar-refractivity contribution in [2.45, 2.75) is 6.10 Å². The Kier molecular flexibility index (Phi) is 4.30. The maximum absolute atomic E-state index is 11.0. The number of amides is 1. The van der Waals surface area contributed by atoms with E-state index in [0.29, 0.717) is 18.3 Å². The van der Waals surface area contributed by atoms with Gasteiger partial charge >= 0.3 is 6.09 Å². The quantitative estimate of drug-likeness (QED) is 0.287. The Balaban J connectivity index is 2.35. The lowest BCUT2D eigenvalue weighted by Gasteiger charge is -2.10. The van der Waals surface area contributed by atoms with E-state index in [-0.39, 0.29) is 12.2 Å². The highest BCUT2D eigenvalue weighted by molar-refractivity contribution is 8.13. The molecular weight excluding hydrogens is 215 g/mol. The highest BCUT2D eigenvalue weighted by atomic mass is 32.2. The van der Waals surface area contributed by atoms with Crippen molar-refractivity contribution < 1.29 is 9.53 Å². The van der Waals surface area contributed by atoms with Crippen molar-refractivity contribution >= 4 is 31.0 Å². The first-order chi connectivity index (χ1) is 7.17. The van der Waals surface area contributed by atoms with Gasteiger partial charge in [-0.2, -0.15) is 5.26 Å². The second-order valence-corrected chi connectivity index (χ2v) is 3.78. The van der Waals surface area contributed by atoms with Crippen LogP contribution in [0.5, 0.6) is 0 Å². The largest absolute Gasteiger partial charge is 0.443 e. The molecule has 1 atom stereocenters. The van der Waals surface area contributed by atoms with Gasteiger partial charge in [0.2, 0.25) is 14.2 Å². The molecule has 1 saturated heterocycles. The highest BCUT2D eigenvalue weighted by Gasteiger charge is 2.27. The molecule has 0 unspecified atom stereocenters. The molecule has 1 amide bonds. The Morgan fingerprint density at radius 3 is 3.20 bits per heavy atom. The number of carbonyl (C=O) groups excluding carboxylic acids is 1. The first-order valence-electron chi connectivity index (χ1n) is 4.33. The summed E-state index contributed by atoms with van der Waals surface area (Å²) in [6.45, 7) is 1.03. The van der Waals surface area contributed by atoms with Crippen molar-refractivity contribution in [1.29, 1.82) is 5.26 Å². The summed E-state index contributed by atoms with van der Waals surface area (Å²) in [5, 5.41) is 11.8. The van der Waals surface area contributed by atoms with Gasteiger partial charge in [0.05, 0.1) is 6.54 Å². The molecule has 1 N–H and O–H groups in total. The molecule has 1 fully saturated rings. The Labute approximate surface area is 93.1 Å². The number of hydrogen-bond donors (Lipinski definition) is 1. The van der Waals surface area contributed by atoms with Crippen molar-refractivity contribution in [2.75, 3.05) is 19.3 Å². The molecule has 0 aromatic rings. The van der Waals surface area contributed by atoms with Crippen molar-refractivity contribution in [1.82, 2.24) is 10.1 Å². The van der Waals surface area contributed by atoms with Gasteiger partial charge in [-0.15, -0.1) is 4.99 Å². The Morgan fingerprint density at radius 2 is 2.73 bits per heavy atom. The Bertz CT molecular complexity index is 317. The maximum Gasteiger partial charge on any atom is 0.397 e. The molecule has 1 rings (SSSR count). The minimum Gasteiger partial charge on any atom is -0.443 e. The van der Waals surface area contributed by atoms with Gasteiger partial charge in [0.15, 0.2) is 5.17 Å². The standard InChI is InChI=1S/C7H11BN4O2S/c1-15-6(11-4-9)10-2-5-3-12(8)7(13)14-5/h5H,2-3,8H2,1H3,(H,10,11)/t5-/m0/s1. The summed E-state index contributed by atoms with van der Waals surface area (Å²) in [6.07, 6.45) is 3.02. The van der Waals surface area contributed by atoms with Crippen LogP contribution in [0.4, 0.5) is 4.79 Å². The van der Waals surface area contributed by atoms with Crippen LogP contribution in [0, 0.1) is 11.5 Å². The fourth-order valence-electron chi connectivity index (χ4n) is 1.16. The molecule has 0 saturated carbocycles. The number of amidine groups is 1.